The van der Waals surface area contributed by atoms with Gasteiger partial charge in [-0.1, -0.05) is 289 Å². The zero-order valence-corrected chi connectivity index (χ0v) is 52.9. The lowest BCUT2D eigenvalue weighted by Gasteiger charge is -2.40. The van der Waals surface area contributed by atoms with Crippen molar-refractivity contribution in [2.24, 2.45) is 0 Å². The molecule has 0 aromatic carbocycles. The molecule has 1 amide bonds. The van der Waals surface area contributed by atoms with Crippen molar-refractivity contribution in [1.82, 2.24) is 5.32 Å². The highest BCUT2D eigenvalue weighted by Crippen LogP contribution is 2.23. The Balaban J connectivity index is 2.18. The summed E-state index contributed by atoms with van der Waals surface area (Å²) in [6.45, 7) is 3.65. The molecular formula is C74H125NO8. The van der Waals surface area contributed by atoms with Gasteiger partial charge in [0.2, 0.25) is 5.91 Å². The normalized spacial score (nSPS) is 19.1. The van der Waals surface area contributed by atoms with Gasteiger partial charge in [-0.05, 0) is 109 Å². The zero-order valence-electron chi connectivity index (χ0n) is 52.9. The Labute approximate surface area is 509 Å². The molecule has 474 valence electrons. The van der Waals surface area contributed by atoms with Crippen LogP contribution in [0.4, 0.5) is 0 Å². The first kappa shape index (κ1) is 77.3. The Bertz CT molecular complexity index is 1770. The third-order valence-corrected chi connectivity index (χ3v) is 15.2. The summed E-state index contributed by atoms with van der Waals surface area (Å²) < 4.78 is 11.3. The van der Waals surface area contributed by atoms with E-state index in [-0.39, 0.29) is 12.5 Å². The van der Waals surface area contributed by atoms with Gasteiger partial charge in [0.1, 0.15) is 24.4 Å². The molecule has 0 aromatic rings. The molecule has 1 aliphatic heterocycles. The van der Waals surface area contributed by atoms with E-state index in [0.717, 1.165) is 109 Å². The van der Waals surface area contributed by atoms with Crippen molar-refractivity contribution in [2.75, 3.05) is 13.2 Å². The highest BCUT2D eigenvalue weighted by atomic mass is 16.7. The Morgan fingerprint density at radius 1 is 0.422 bits per heavy atom. The molecule has 7 unspecified atom stereocenters. The highest BCUT2D eigenvalue weighted by Gasteiger charge is 2.44. The molecule has 1 saturated heterocycles. The number of rotatable bonds is 57. The number of aliphatic hydroxyl groups is 5. The van der Waals surface area contributed by atoms with Crippen LogP contribution >= 0.6 is 0 Å². The van der Waals surface area contributed by atoms with E-state index in [1.54, 1.807) is 6.08 Å². The maximum atomic E-state index is 13.1. The standard InChI is InChI=1S/C74H125NO8/c1-3-5-7-9-11-13-15-17-19-21-23-25-27-28-29-30-31-32-33-34-35-36-37-38-39-40-42-44-46-48-50-52-54-56-58-60-62-64-70(78)75-67(66-82-74-73(81)72(80)71(79)69(65-76)83-74)68(77)63-61-59-57-55-53-51-49-47-45-43-41-26-24-22-20-18-16-14-12-10-8-6-4-2/h5,7,11,13,17,19,23,25,28-29,31-32,34-35,37-38,45,47,53,55,61,63,67-69,71-74,76-77,79-81H,3-4,6,8-10,12,14-16,18,20-22,24,26-27,30,33,36,39-44,46,48-52,54,56-60,62,64-66H2,1-2H3,(H,75,78)/b7-5-,13-11-,19-17-,25-23-,29-28-,32-31-,35-34-,38-37-,47-45+,55-53+,63-61+. The van der Waals surface area contributed by atoms with E-state index in [2.05, 4.69) is 141 Å². The van der Waals surface area contributed by atoms with Crippen molar-refractivity contribution in [3.05, 3.63) is 134 Å². The molecule has 83 heavy (non-hydrogen) atoms. The minimum absolute atomic E-state index is 0.197. The first-order chi connectivity index (χ1) is 40.8. The molecule has 7 atom stereocenters. The number of hydrogen-bond acceptors (Lipinski definition) is 8. The van der Waals surface area contributed by atoms with E-state index < -0.39 is 49.5 Å². The smallest absolute Gasteiger partial charge is 0.220 e. The van der Waals surface area contributed by atoms with Crippen LogP contribution in [0.5, 0.6) is 0 Å². The number of aliphatic hydroxyl groups excluding tert-OH is 5. The Kier molecular flexibility index (Phi) is 57.2. The third kappa shape index (κ3) is 50.2. The second-order valence-corrected chi connectivity index (χ2v) is 22.9. The van der Waals surface area contributed by atoms with Gasteiger partial charge in [0, 0.05) is 6.42 Å². The van der Waals surface area contributed by atoms with E-state index in [4.69, 9.17) is 9.47 Å². The Morgan fingerprint density at radius 2 is 0.759 bits per heavy atom. The van der Waals surface area contributed by atoms with Crippen LogP contribution in [0.1, 0.15) is 271 Å². The Morgan fingerprint density at radius 3 is 1.16 bits per heavy atom. The fourth-order valence-corrected chi connectivity index (χ4v) is 9.91. The van der Waals surface area contributed by atoms with Gasteiger partial charge in [0.25, 0.3) is 0 Å². The number of allylic oxidation sites excluding steroid dienone is 21. The van der Waals surface area contributed by atoms with Crippen molar-refractivity contribution >= 4 is 5.91 Å². The van der Waals surface area contributed by atoms with Crippen LogP contribution in [-0.4, -0.2) is 87.5 Å². The van der Waals surface area contributed by atoms with Crippen molar-refractivity contribution in [3.63, 3.8) is 0 Å². The van der Waals surface area contributed by atoms with E-state index >= 15 is 0 Å². The van der Waals surface area contributed by atoms with Crippen molar-refractivity contribution < 1.29 is 39.8 Å². The number of nitrogens with one attached hydrogen (secondary N) is 1. The molecule has 0 spiro atoms. The number of carbonyl (C=O) groups excluding carboxylic acids is 1. The van der Waals surface area contributed by atoms with Gasteiger partial charge in [0.15, 0.2) is 6.29 Å². The van der Waals surface area contributed by atoms with Crippen LogP contribution in [0.3, 0.4) is 0 Å². The average molecular weight is 1160 g/mol. The van der Waals surface area contributed by atoms with E-state index in [1.807, 2.05) is 6.08 Å². The average Bonchev–Trinajstić information content (AvgIpc) is 3.60. The lowest BCUT2D eigenvalue weighted by Crippen LogP contribution is -2.60. The van der Waals surface area contributed by atoms with Crippen molar-refractivity contribution in [3.8, 4) is 0 Å². The van der Waals surface area contributed by atoms with Crippen LogP contribution in [-0.2, 0) is 14.3 Å². The number of hydrogen-bond donors (Lipinski definition) is 6. The molecule has 1 heterocycles. The van der Waals surface area contributed by atoms with Crippen molar-refractivity contribution in [1.29, 1.82) is 0 Å². The number of amides is 1. The zero-order chi connectivity index (χ0) is 60.0. The Hall–Kier alpha value is -3.67. The fraction of sp³-hybridized carbons (Fsp3) is 0.689. The maximum absolute atomic E-state index is 13.1. The summed E-state index contributed by atoms with van der Waals surface area (Å²) in [7, 11) is 0. The van der Waals surface area contributed by atoms with Gasteiger partial charge in [-0.3, -0.25) is 4.79 Å². The monoisotopic (exact) mass is 1160 g/mol. The predicted octanol–water partition coefficient (Wildman–Crippen LogP) is 18.4. The summed E-state index contributed by atoms with van der Waals surface area (Å²) in [5, 5.41) is 54.7. The summed E-state index contributed by atoms with van der Waals surface area (Å²) in [5.41, 5.74) is 0. The van der Waals surface area contributed by atoms with E-state index in [9.17, 15) is 30.3 Å². The van der Waals surface area contributed by atoms with Crippen LogP contribution in [0.15, 0.2) is 134 Å². The molecule has 0 saturated carbocycles. The predicted molar refractivity (Wildman–Crippen MR) is 354 cm³/mol. The second kappa shape index (κ2) is 61.4. The summed E-state index contributed by atoms with van der Waals surface area (Å²) in [6, 6.07) is -0.839. The molecule has 9 nitrogen and oxygen atoms in total. The van der Waals surface area contributed by atoms with Gasteiger partial charge < -0.3 is 40.3 Å². The first-order valence-corrected chi connectivity index (χ1v) is 33.9. The molecule has 0 aromatic heterocycles. The molecule has 1 rings (SSSR count). The quantitative estimate of drug-likeness (QED) is 0.0261. The number of unbranched alkanes of at least 4 members (excludes halogenated alkanes) is 27. The fourth-order valence-electron chi connectivity index (χ4n) is 9.91. The van der Waals surface area contributed by atoms with E-state index in [1.165, 1.54) is 141 Å². The number of ether oxygens (including phenoxy) is 2. The lowest BCUT2D eigenvalue weighted by molar-refractivity contribution is -0.302. The summed E-state index contributed by atoms with van der Waals surface area (Å²) in [6.07, 6.45) is 86.8. The first-order valence-electron chi connectivity index (χ1n) is 33.9. The molecule has 6 N–H and O–H groups in total. The molecule has 1 fully saturated rings. The van der Waals surface area contributed by atoms with Crippen molar-refractivity contribution in [2.45, 2.75) is 314 Å². The summed E-state index contributed by atoms with van der Waals surface area (Å²) in [4.78, 5) is 13.1. The SMILES string of the molecule is CC/C=C\C/C=C\C/C=C\C/C=C\C/C=C\C/C=C\C/C=C\C/C=C\CCCCCCCCCCCCCCC(=O)NC(COC1OC(CO)C(O)C(O)C1O)C(O)/C=C/CC/C=C/CC/C=C/CCCCCCCCCCCCCCC. The van der Waals surface area contributed by atoms with Crippen LogP contribution in [0, 0.1) is 0 Å². The van der Waals surface area contributed by atoms with Crippen LogP contribution in [0.2, 0.25) is 0 Å². The van der Waals surface area contributed by atoms with Gasteiger partial charge >= 0.3 is 0 Å². The minimum Gasteiger partial charge on any atom is -0.394 e. The highest BCUT2D eigenvalue weighted by molar-refractivity contribution is 5.76. The van der Waals surface area contributed by atoms with Gasteiger partial charge in [-0.25, -0.2) is 0 Å². The summed E-state index contributed by atoms with van der Waals surface area (Å²) >= 11 is 0. The lowest BCUT2D eigenvalue weighted by atomic mass is 9.99. The second-order valence-electron chi connectivity index (χ2n) is 22.9. The van der Waals surface area contributed by atoms with Crippen LogP contribution in [0.25, 0.3) is 0 Å². The van der Waals surface area contributed by atoms with Gasteiger partial charge in [-0.2, -0.15) is 0 Å². The third-order valence-electron chi connectivity index (χ3n) is 15.2. The largest absolute Gasteiger partial charge is 0.394 e. The van der Waals surface area contributed by atoms with Gasteiger partial charge in [-0.15, -0.1) is 0 Å². The minimum atomic E-state index is -1.58. The molecule has 9 heteroatoms. The topological polar surface area (TPSA) is 149 Å². The molecule has 0 radical (unpaired) electrons. The molecule has 1 aliphatic rings. The van der Waals surface area contributed by atoms with E-state index in [0.29, 0.717) is 6.42 Å². The molecule has 0 bridgehead atoms. The molecule has 0 aliphatic carbocycles. The maximum Gasteiger partial charge on any atom is 0.220 e. The van der Waals surface area contributed by atoms with Crippen LogP contribution < -0.4 is 5.32 Å². The number of carbonyl (C=O) groups is 1. The summed E-state index contributed by atoms with van der Waals surface area (Å²) in [5.74, 6) is -0.197. The molecular weight excluding hydrogens is 1030 g/mol. The van der Waals surface area contributed by atoms with Gasteiger partial charge in [0.05, 0.1) is 25.4 Å².